The minimum atomic E-state index is 0.0551. The van der Waals surface area contributed by atoms with Crippen LogP contribution in [-0.4, -0.2) is 10.5 Å². The molecular weight excluding hydrogens is 272 g/mol. The molecule has 0 bridgehead atoms. The van der Waals surface area contributed by atoms with E-state index in [-0.39, 0.29) is 5.91 Å². The van der Waals surface area contributed by atoms with Crippen molar-refractivity contribution in [3.05, 3.63) is 65.9 Å². The molecule has 3 rings (SSSR count). The highest BCUT2D eigenvalue weighted by Crippen LogP contribution is 2.24. The fourth-order valence-electron chi connectivity index (χ4n) is 2.89. The highest BCUT2D eigenvalue weighted by atomic mass is 16.2. The van der Waals surface area contributed by atoms with E-state index in [9.17, 15) is 4.79 Å². The summed E-state index contributed by atoms with van der Waals surface area (Å²) in [6.07, 6.45) is 0. The van der Waals surface area contributed by atoms with E-state index in [0.717, 1.165) is 16.9 Å². The van der Waals surface area contributed by atoms with Crippen LogP contribution in [0.15, 0.2) is 54.6 Å². The van der Waals surface area contributed by atoms with Crippen molar-refractivity contribution in [3.8, 4) is 0 Å². The molecule has 0 aliphatic heterocycles. The molecule has 0 atom stereocenters. The third-order valence-corrected chi connectivity index (χ3v) is 4.16. The quantitative estimate of drug-likeness (QED) is 0.715. The van der Waals surface area contributed by atoms with Crippen molar-refractivity contribution in [3.63, 3.8) is 0 Å². The number of aryl methyl sites for hydroxylation is 2. The van der Waals surface area contributed by atoms with E-state index in [1.165, 1.54) is 10.9 Å². The molecule has 22 heavy (non-hydrogen) atoms. The normalized spacial score (nSPS) is 10.9. The lowest BCUT2D eigenvalue weighted by Gasteiger charge is -2.23. The van der Waals surface area contributed by atoms with Gasteiger partial charge in [-0.2, -0.15) is 0 Å². The molecule has 0 aliphatic rings. The van der Waals surface area contributed by atoms with Crippen molar-refractivity contribution in [2.24, 2.45) is 7.05 Å². The van der Waals surface area contributed by atoms with Gasteiger partial charge in [-0.05, 0) is 36.1 Å². The second-order valence-electron chi connectivity index (χ2n) is 5.65. The Hall–Kier alpha value is -2.55. The average molecular weight is 292 g/mol. The molecule has 0 fully saturated rings. The van der Waals surface area contributed by atoms with E-state index in [1.54, 1.807) is 6.92 Å². The van der Waals surface area contributed by atoms with Crippen LogP contribution < -0.4 is 4.90 Å². The number of nitrogens with zero attached hydrogens (tertiary/aromatic N) is 2. The number of hydrogen-bond donors (Lipinski definition) is 0. The third kappa shape index (κ3) is 2.50. The van der Waals surface area contributed by atoms with E-state index in [0.29, 0.717) is 6.54 Å². The Bertz CT molecular complexity index is 832. The molecule has 3 nitrogen and oxygen atoms in total. The zero-order valence-electron chi connectivity index (χ0n) is 13.2. The average Bonchev–Trinajstić information content (AvgIpc) is 2.82. The predicted octanol–water partition coefficient (Wildman–Crippen LogP) is 4.04. The van der Waals surface area contributed by atoms with Gasteiger partial charge >= 0.3 is 0 Å². The minimum absolute atomic E-state index is 0.0551. The summed E-state index contributed by atoms with van der Waals surface area (Å²) in [7, 11) is 2.05. The van der Waals surface area contributed by atoms with Gasteiger partial charge in [0.25, 0.3) is 0 Å². The number of amides is 1. The van der Waals surface area contributed by atoms with E-state index in [4.69, 9.17) is 0 Å². The summed E-state index contributed by atoms with van der Waals surface area (Å²) < 4.78 is 2.16. The molecular formula is C19H20N2O. The van der Waals surface area contributed by atoms with Crippen molar-refractivity contribution < 1.29 is 4.79 Å². The maximum Gasteiger partial charge on any atom is 0.224 e. The zero-order chi connectivity index (χ0) is 15.7. The molecule has 3 aromatic rings. The molecule has 2 aromatic carbocycles. The van der Waals surface area contributed by atoms with Crippen molar-refractivity contribution in [2.45, 2.75) is 20.4 Å². The topological polar surface area (TPSA) is 25.2 Å². The summed E-state index contributed by atoms with van der Waals surface area (Å²) in [6, 6.07) is 18.4. The molecule has 3 heteroatoms. The highest BCUT2D eigenvalue weighted by Gasteiger charge is 2.16. The molecule has 0 aliphatic carbocycles. The van der Waals surface area contributed by atoms with Gasteiger partial charge in [0.2, 0.25) is 5.91 Å². The number of para-hydroxylation sites is 2. The van der Waals surface area contributed by atoms with E-state index >= 15 is 0 Å². The van der Waals surface area contributed by atoms with Crippen LogP contribution in [-0.2, 0) is 18.4 Å². The van der Waals surface area contributed by atoms with Crippen LogP contribution in [0.2, 0.25) is 0 Å². The first-order valence-electron chi connectivity index (χ1n) is 7.45. The Labute approximate surface area is 130 Å². The number of fused-ring (bicyclic) bond motifs is 1. The Morgan fingerprint density at radius 2 is 1.77 bits per heavy atom. The third-order valence-electron chi connectivity index (χ3n) is 4.16. The van der Waals surface area contributed by atoms with Gasteiger partial charge in [-0.1, -0.05) is 36.4 Å². The van der Waals surface area contributed by atoms with Gasteiger partial charge in [0.05, 0.1) is 6.54 Å². The second-order valence-corrected chi connectivity index (χ2v) is 5.65. The van der Waals surface area contributed by atoms with Crippen LogP contribution in [0.25, 0.3) is 10.9 Å². The Morgan fingerprint density at radius 3 is 2.45 bits per heavy atom. The fraction of sp³-hybridized carbons (Fsp3) is 0.211. The van der Waals surface area contributed by atoms with Crippen LogP contribution in [0.1, 0.15) is 18.2 Å². The van der Waals surface area contributed by atoms with Crippen LogP contribution >= 0.6 is 0 Å². The Balaban J connectivity index is 2.02. The standard InChI is InChI=1S/C19H20N2O/c1-14-8-4-6-10-18(14)21(15(2)22)13-17-12-16-9-5-7-11-19(16)20(17)3/h4-12H,13H2,1-3H3. The first-order valence-corrected chi connectivity index (χ1v) is 7.45. The first kappa shape index (κ1) is 14.4. The lowest BCUT2D eigenvalue weighted by atomic mass is 10.1. The highest BCUT2D eigenvalue weighted by molar-refractivity contribution is 5.92. The number of benzene rings is 2. The van der Waals surface area contributed by atoms with Gasteiger partial charge in [0, 0.05) is 30.9 Å². The van der Waals surface area contributed by atoms with Crippen LogP contribution in [0.5, 0.6) is 0 Å². The van der Waals surface area contributed by atoms with Crippen LogP contribution in [0.4, 0.5) is 5.69 Å². The van der Waals surface area contributed by atoms with Crippen LogP contribution in [0.3, 0.4) is 0 Å². The summed E-state index contributed by atoms with van der Waals surface area (Å²) in [6.45, 7) is 4.23. The molecule has 0 spiro atoms. The van der Waals surface area contributed by atoms with Gasteiger partial charge in [0.15, 0.2) is 0 Å². The molecule has 1 amide bonds. The van der Waals surface area contributed by atoms with Crippen molar-refractivity contribution in [2.75, 3.05) is 4.90 Å². The fourth-order valence-corrected chi connectivity index (χ4v) is 2.89. The maximum atomic E-state index is 12.1. The summed E-state index contributed by atoms with van der Waals surface area (Å²) >= 11 is 0. The lowest BCUT2D eigenvalue weighted by Crippen LogP contribution is -2.29. The van der Waals surface area contributed by atoms with Crippen molar-refractivity contribution in [1.82, 2.24) is 4.57 Å². The Morgan fingerprint density at radius 1 is 1.09 bits per heavy atom. The summed E-state index contributed by atoms with van der Waals surface area (Å²) in [4.78, 5) is 14.0. The van der Waals surface area contributed by atoms with Crippen molar-refractivity contribution in [1.29, 1.82) is 0 Å². The number of aromatic nitrogens is 1. The monoisotopic (exact) mass is 292 g/mol. The molecule has 112 valence electrons. The smallest absolute Gasteiger partial charge is 0.224 e. The molecule has 0 saturated heterocycles. The van der Waals surface area contributed by atoms with Gasteiger partial charge < -0.3 is 9.47 Å². The van der Waals surface area contributed by atoms with E-state index < -0.39 is 0 Å². The molecule has 0 saturated carbocycles. The van der Waals surface area contributed by atoms with Gasteiger partial charge in [-0.15, -0.1) is 0 Å². The summed E-state index contributed by atoms with van der Waals surface area (Å²) in [5.74, 6) is 0.0551. The van der Waals surface area contributed by atoms with Gasteiger partial charge in [0.1, 0.15) is 0 Å². The van der Waals surface area contributed by atoms with E-state index in [2.05, 4.69) is 22.8 Å². The number of carbonyl (C=O) groups is 1. The molecule has 0 unspecified atom stereocenters. The number of rotatable bonds is 3. The SMILES string of the molecule is CC(=O)N(Cc1cc2ccccc2n1C)c1ccccc1C. The number of hydrogen-bond acceptors (Lipinski definition) is 1. The van der Waals surface area contributed by atoms with Crippen LogP contribution in [0, 0.1) is 6.92 Å². The zero-order valence-corrected chi connectivity index (χ0v) is 13.2. The molecule has 0 radical (unpaired) electrons. The van der Waals surface area contributed by atoms with E-state index in [1.807, 2.05) is 55.3 Å². The summed E-state index contributed by atoms with van der Waals surface area (Å²) in [5.41, 5.74) is 4.39. The van der Waals surface area contributed by atoms with Gasteiger partial charge in [-0.3, -0.25) is 4.79 Å². The predicted molar refractivity (Wildman–Crippen MR) is 91.0 cm³/mol. The molecule has 0 N–H and O–H groups in total. The lowest BCUT2D eigenvalue weighted by molar-refractivity contribution is -0.116. The number of carbonyl (C=O) groups excluding carboxylic acids is 1. The molecule has 1 heterocycles. The Kier molecular flexibility index (Phi) is 3.72. The van der Waals surface area contributed by atoms with Crippen molar-refractivity contribution >= 4 is 22.5 Å². The maximum absolute atomic E-state index is 12.1. The summed E-state index contributed by atoms with van der Waals surface area (Å²) in [5, 5.41) is 1.20. The molecule has 1 aromatic heterocycles. The second kappa shape index (κ2) is 5.68. The minimum Gasteiger partial charge on any atom is -0.346 e. The first-order chi connectivity index (χ1) is 10.6. The number of anilines is 1. The largest absolute Gasteiger partial charge is 0.346 e. The van der Waals surface area contributed by atoms with Gasteiger partial charge in [-0.25, -0.2) is 0 Å².